The van der Waals surface area contributed by atoms with Gasteiger partial charge in [-0.1, -0.05) is 29.3 Å². The van der Waals surface area contributed by atoms with Crippen LogP contribution in [-0.4, -0.2) is 13.0 Å². The van der Waals surface area contributed by atoms with Crippen molar-refractivity contribution in [1.82, 2.24) is 0 Å². The summed E-state index contributed by atoms with van der Waals surface area (Å²) in [6.07, 6.45) is 0. The van der Waals surface area contributed by atoms with E-state index in [9.17, 15) is 8.42 Å². The van der Waals surface area contributed by atoms with Crippen molar-refractivity contribution in [2.24, 2.45) is 0 Å². The molecule has 0 heterocycles. The Bertz CT molecular complexity index is 381. The van der Waals surface area contributed by atoms with Crippen molar-refractivity contribution in [2.45, 2.75) is 4.90 Å². The highest BCUT2D eigenvalue weighted by molar-refractivity contribution is 7.86. The zero-order valence-electron chi connectivity index (χ0n) is 6.07. The minimum Gasteiger partial charge on any atom is -0.282 e. The Labute approximate surface area is 91.8 Å². The summed E-state index contributed by atoms with van der Waals surface area (Å²) >= 11 is 11.0. The molecular formula is C6H5Cl3O3S. The van der Waals surface area contributed by atoms with Gasteiger partial charge in [-0.15, -0.1) is 12.4 Å². The lowest BCUT2D eigenvalue weighted by Gasteiger charge is -2.01. The van der Waals surface area contributed by atoms with Gasteiger partial charge < -0.3 is 0 Å². The Morgan fingerprint density at radius 1 is 1.15 bits per heavy atom. The summed E-state index contributed by atoms with van der Waals surface area (Å²) < 4.78 is 30.0. The molecule has 74 valence electrons. The van der Waals surface area contributed by atoms with Crippen LogP contribution in [0.4, 0.5) is 0 Å². The smallest absolute Gasteiger partial charge is 0.282 e. The van der Waals surface area contributed by atoms with E-state index >= 15 is 0 Å². The van der Waals surface area contributed by atoms with Gasteiger partial charge in [0.15, 0.2) is 0 Å². The number of hydrogen-bond donors (Lipinski definition) is 1. The zero-order chi connectivity index (χ0) is 9.35. The summed E-state index contributed by atoms with van der Waals surface area (Å²) in [6, 6.07) is 4.15. The van der Waals surface area contributed by atoms with Crippen LogP contribution < -0.4 is 0 Å². The molecule has 0 saturated carbocycles. The SMILES string of the molecule is Cl.O=S(=O)(O)c1c(Cl)cccc1Cl. The van der Waals surface area contributed by atoms with E-state index in [-0.39, 0.29) is 22.5 Å². The standard InChI is InChI=1S/C6H4Cl2O3S.ClH/c7-4-2-1-3-5(8)6(4)12(9,10)11;/h1-3H,(H,9,10,11);1H. The molecule has 1 N–H and O–H groups in total. The highest BCUT2D eigenvalue weighted by atomic mass is 35.5. The van der Waals surface area contributed by atoms with Crippen LogP contribution in [0.5, 0.6) is 0 Å². The maximum Gasteiger partial charge on any atom is 0.297 e. The first kappa shape index (κ1) is 13.0. The molecule has 0 atom stereocenters. The molecule has 1 rings (SSSR count). The number of hydrogen-bond acceptors (Lipinski definition) is 2. The minimum atomic E-state index is -4.33. The second kappa shape index (κ2) is 4.48. The number of benzene rings is 1. The molecule has 0 radical (unpaired) electrons. The molecule has 0 bridgehead atoms. The maximum atomic E-state index is 10.7. The van der Waals surface area contributed by atoms with Gasteiger partial charge in [0.1, 0.15) is 4.90 Å². The highest BCUT2D eigenvalue weighted by Crippen LogP contribution is 2.28. The molecule has 1 aromatic rings. The fourth-order valence-corrected chi connectivity index (χ4v) is 2.34. The largest absolute Gasteiger partial charge is 0.297 e. The number of halogens is 3. The van der Waals surface area contributed by atoms with Crippen LogP contribution >= 0.6 is 35.6 Å². The first-order chi connectivity index (χ1) is 5.43. The van der Waals surface area contributed by atoms with E-state index in [0.29, 0.717) is 0 Å². The Balaban J connectivity index is 0.00000144. The molecule has 0 aliphatic heterocycles. The Morgan fingerprint density at radius 2 is 1.54 bits per heavy atom. The normalized spacial score (nSPS) is 10.7. The van der Waals surface area contributed by atoms with Gasteiger partial charge in [-0.2, -0.15) is 8.42 Å². The van der Waals surface area contributed by atoms with Crippen LogP contribution in [0.15, 0.2) is 23.1 Å². The quantitative estimate of drug-likeness (QED) is 0.793. The van der Waals surface area contributed by atoms with Crippen molar-refractivity contribution >= 4 is 45.7 Å². The van der Waals surface area contributed by atoms with Gasteiger partial charge in [0, 0.05) is 0 Å². The maximum absolute atomic E-state index is 10.7. The molecule has 0 aliphatic carbocycles. The summed E-state index contributed by atoms with van der Waals surface area (Å²) in [6.45, 7) is 0. The van der Waals surface area contributed by atoms with Gasteiger partial charge in [0.05, 0.1) is 10.0 Å². The lowest BCUT2D eigenvalue weighted by Crippen LogP contribution is -1.99. The second-order valence-corrected chi connectivity index (χ2v) is 4.20. The molecule has 3 nitrogen and oxygen atoms in total. The Hall–Kier alpha value is -0.000000000000000167. The molecule has 0 fully saturated rings. The fraction of sp³-hybridized carbons (Fsp3) is 0. The van der Waals surface area contributed by atoms with Crippen molar-refractivity contribution in [2.75, 3.05) is 0 Å². The predicted molar refractivity (Wildman–Crippen MR) is 53.5 cm³/mol. The van der Waals surface area contributed by atoms with Gasteiger partial charge in [0.25, 0.3) is 10.1 Å². The van der Waals surface area contributed by atoms with Crippen molar-refractivity contribution in [1.29, 1.82) is 0 Å². The molecule has 0 saturated heterocycles. The molecule has 7 heteroatoms. The lowest BCUT2D eigenvalue weighted by molar-refractivity contribution is 0.483. The van der Waals surface area contributed by atoms with E-state index in [1.165, 1.54) is 18.2 Å². The van der Waals surface area contributed by atoms with Gasteiger partial charge in [-0.25, -0.2) is 0 Å². The van der Waals surface area contributed by atoms with Crippen molar-refractivity contribution in [3.63, 3.8) is 0 Å². The van der Waals surface area contributed by atoms with E-state index in [1.807, 2.05) is 0 Å². The molecular weight excluding hydrogens is 258 g/mol. The average Bonchev–Trinajstić information content (AvgIpc) is 1.82. The predicted octanol–water partition coefficient (Wildman–Crippen LogP) is 2.66. The lowest BCUT2D eigenvalue weighted by atomic mass is 10.4. The molecule has 13 heavy (non-hydrogen) atoms. The Morgan fingerprint density at radius 3 is 1.77 bits per heavy atom. The van der Waals surface area contributed by atoms with Crippen LogP contribution in [0.3, 0.4) is 0 Å². The molecule has 0 aliphatic rings. The van der Waals surface area contributed by atoms with Crippen LogP contribution in [0, 0.1) is 0 Å². The van der Waals surface area contributed by atoms with Crippen molar-refractivity contribution < 1.29 is 13.0 Å². The van der Waals surface area contributed by atoms with Gasteiger partial charge in [-0.3, -0.25) is 4.55 Å². The summed E-state index contributed by atoms with van der Waals surface area (Å²) in [4.78, 5) is -0.451. The van der Waals surface area contributed by atoms with E-state index in [4.69, 9.17) is 27.8 Å². The van der Waals surface area contributed by atoms with Crippen molar-refractivity contribution in [3.05, 3.63) is 28.2 Å². The van der Waals surface area contributed by atoms with Gasteiger partial charge in [0.2, 0.25) is 0 Å². The third kappa shape index (κ3) is 3.00. The molecule has 0 spiro atoms. The summed E-state index contributed by atoms with van der Waals surface area (Å²) in [5, 5.41) is -0.185. The van der Waals surface area contributed by atoms with E-state index in [0.717, 1.165) is 0 Å². The third-order valence-corrected chi connectivity index (χ3v) is 2.99. The van der Waals surface area contributed by atoms with E-state index in [1.54, 1.807) is 0 Å². The minimum absolute atomic E-state index is 0. The third-order valence-electron chi connectivity index (χ3n) is 1.18. The first-order valence-electron chi connectivity index (χ1n) is 2.84. The topological polar surface area (TPSA) is 54.4 Å². The van der Waals surface area contributed by atoms with Gasteiger partial charge >= 0.3 is 0 Å². The van der Waals surface area contributed by atoms with Crippen molar-refractivity contribution in [3.8, 4) is 0 Å². The highest BCUT2D eigenvalue weighted by Gasteiger charge is 2.17. The monoisotopic (exact) mass is 262 g/mol. The summed E-state index contributed by atoms with van der Waals surface area (Å²) in [7, 11) is -4.33. The van der Waals surface area contributed by atoms with Crippen LogP contribution in [-0.2, 0) is 10.1 Å². The molecule has 0 unspecified atom stereocenters. The fourth-order valence-electron chi connectivity index (χ4n) is 0.729. The molecule has 0 amide bonds. The molecule has 0 aromatic heterocycles. The molecule has 1 aromatic carbocycles. The van der Waals surface area contributed by atoms with Gasteiger partial charge in [-0.05, 0) is 12.1 Å². The zero-order valence-corrected chi connectivity index (χ0v) is 9.21. The Kier molecular flexibility index (Phi) is 4.48. The van der Waals surface area contributed by atoms with Crippen LogP contribution in [0.1, 0.15) is 0 Å². The second-order valence-electron chi connectivity index (χ2n) is 2.03. The summed E-state index contributed by atoms with van der Waals surface area (Å²) in [5.41, 5.74) is 0. The number of rotatable bonds is 1. The van der Waals surface area contributed by atoms with Crippen LogP contribution in [0.25, 0.3) is 0 Å². The van der Waals surface area contributed by atoms with Crippen LogP contribution in [0.2, 0.25) is 10.0 Å². The van der Waals surface area contributed by atoms with E-state index < -0.39 is 15.0 Å². The summed E-state index contributed by atoms with van der Waals surface area (Å²) in [5.74, 6) is 0. The first-order valence-corrected chi connectivity index (χ1v) is 5.04. The average molecular weight is 264 g/mol. The van der Waals surface area contributed by atoms with E-state index in [2.05, 4.69) is 0 Å².